The summed E-state index contributed by atoms with van der Waals surface area (Å²) < 4.78 is 0. The minimum atomic E-state index is 0.484. The molecule has 2 aromatic rings. The summed E-state index contributed by atoms with van der Waals surface area (Å²) in [6.07, 6.45) is 4.77. The first-order valence-electron chi connectivity index (χ1n) is 4.10. The Morgan fingerprint density at radius 1 is 1.07 bits per heavy atom. The van der Waals surface area contributed by atoms with Crippen molar-refractivity contribution in [3.8, 4) is 0 Å². The van der Waals surface area contributed by atoms with Crippen molar-refractivity contribution in [3.05, 3.63) is 36.8 Å². The largest absolute Gasteiger partial charge is 0.396 e. The highest BCUT2D eigenvalue weighted by Crippen LogP contribution is 2.08. The Hall–Kier alpha value is -2.17. The Morgan fingerprint density at radius 2 is 1.86 bits per heavy atom. The highest BCUT2D eigenvalue weighted by Gasteiger charge is 1.96. The fourth-order valence-corrected chi connectivity index (χ4v) is 0.954. The molecule has 0 spiro atoms. The quantitative estimate of drug-likeness (QED) is 0.738. The van der Waals surface area contributed by atoms with Crippen LogP contribution in [0, 0.1) is 0 Å². The van der Waals surface area contributed by atoms with E-state index in [9.17, 15) is 0 Å². The third-order valence-electron chi connectivity index (χ3n) is 1.58. The Labute approximate surface area is 81.0 Å². The van der Waals surface area contributed by atoms with Gasteiger partial charge in [-0.25, -0.2) is 15.0 Å². The van der Waals surface area contributed by atoms with Crippen LogP contribution in [0.4, 0.5) is 17.5 Å². The zero-order valence-electron chi connectivity index (χ0n) is 7.38. The number of aromatic nitrogens is 3. The monoisotopic (exact) mass is 187 g/mol. The van der Waals surface area contributed by atoms with E-state index in [1.807, 2.05) is 18.2 Å². The predicted molar refractivity (Wildman–Crippen MR) is 54.0 cm³/mol. The van der Waals surface area contributed by atoms with Gasteiger partial charge in [-0.3, -0.25) is 0 Å². The molecule has 0 aliphatic rings. The van der Waals surface area contributed by atoms with Crippen LogP contribution in [0.15, 0.2) is 36.8 Å². The van der Waals surface area contributed by atoms with Crippen LogP contribution in [0.3, 0.4) is 0 Å². The molecular weight excluding hydrogens is 178 g/mol. The number of nitrogens with zero attached hydrogens (tertiary/aromatic N) is 3. The summed E-state index contributed by atoms with van der Waals surface area (Å²) in [6, 6.07) is 5.56. The van der Waals surface area contributed by atoms with Gasteiger partial charge in [0.05, 0.1) is 18.1 Å². The van der Waals surface area contributed by atoms with E-state index in [1.54, 1.807) is 6.20 Å². The van der Waals surface area contributed by atoms with Crippen molar-refractivity contribution in [2.45, 2.75) is 0 Å². The number of pyridine rings is 1. The lowest BCUT2D eigenvalue weighted by Crippen LogP contribution is -1.98. The molecule has 0 aliphatic heterocycles. The van der Waals surface area contributed by atoms with E-state index in [2.05, 4.69) is 20.3 Å². The van der Waals surface area contributed by atoms with Gasteiger partial charge in [-0.15, -0.1) is 0 Å². The maximum Gasteiger partial charge on any atom is 0.228 e. The van der Waals surface area contributed by atoms with Gasteiger partial charge >= 0.3 is 0 Å². The molecule has 5 nitrogen and oxygen atoms in total. The van der Waals surface area contributed by atoms with E-state index in [-0.39, 0.29) is 0 Å². The summed E-state index contributed by atoms with van der Waals surface area (Å²) in [5.41, 5.74) is 5.99. The average Bonchev–Trinajstić information content (AvgIpc) is 2.23. The van der Waals surface area contributed by atoms with E-state index in [1.165, 1.54) is 12.4 Å². The van der Waals surface area contributed by atoms with Gasteiger partial charge < -0.3 is 11.1 Å². The van der Waals surface area contributed by atoms with Crippen LogP contribution >= 0.6 is 0 Å². The van der Waals surface area contributed by atoms with E-state index in [4.69, 9.17) is 5.73 Å². The molecule has 0 saturated carbocycles. The van der Waals surface area contributed by atoms with Crippen molar-refractivity contribution in [2.24, 2.45) is 0 Å². The van der Waals surface area contributed by atoms with Gasteiger partial charge in [0.25, 0.3) is 0 Å². The SMILES string of the molecule is Nc1cnc(Nc2ccccn2)nc1. The number of nitrogens with two attached hydrogens (primary N) is 1. The van der Waals surface area contributed by atoms with Crippen molar-refractivity contribution in [2.75, 3.05) is 11.1 Å². The third kappa shape index (κ3) is 1.95. The minimum absolute atomic E-state index is 0.484. The first-order chi connectivity index (χ1) is 6.84. The smallest absolute Gasteiger partial charge is 0.228 e. The van der Waals surface area contributed by atoms with Gasteiger partial charge in [0.1, 0.15) is 5.82 Å². The fourth-order valence-electron chi connectivity index (χ4n) is 0.954. The molecule has 2 heterocycles. The van der Waals surface area contributed by atoms with Crippen LogP contribution in [0.1, 0.15) is 0 Å². The van der Waals surface area contributed by atoms with Gasteiger partial charge in [-0.1, -0.05) is 6.07 Å². The van der Waals surface area contributed by atoms with Crippen molar-refractivity contribution >= 4 is 17.5 Å². The summed E-state index contributed by atoms with van der Waals surface area (Å²) >= 11 is 0. The van der Waals surface area contributed by atoms with Gasteiger partial charge in [0, 0.05) is 6.20 Å². The van der Waals surface area contributed by atoms with Crippen LogP contribution in [-0.4, -0.2) is 15.0 Å². The number of hydrogen-bond acceptors (Lipinski definition) is 5. The molecule has 0 fully saturated rings. The number of hydrogen-bond donors (Lipinski definition) is 2. The molecule has 0 bridgehead atoms. The molecule has 70 valence electrons. The lowest BCUT2D eigenvalue weighted by molar-refractivity contribution is 1.15. The van der Waals surface area contributed by atoms with Gasteiger partial charge in [0.15, 0.2) is 0 Å². The second kappa shape index (κ2) is 3.69. The molecule has 14 heavy (non-hydrogen) atoms. The number of nitrogen functional groups attached to an aromatic ring is 1. The van der Waals surface area contributed by atoms with E-state index in [0.29, 0.717) is 17.5 Å². The summed E-state index contributed by atoms with van der Waals surface area (Å²) in [7, 11) is 0. The van der Waals surface area contributed by atoms with Crippen LogP contribution in [0.5, 0.6) is 0 Å². The van der Waals surface area contributed by atoms with E-state index >= 15 is 0 Å². The molecule has 0 unspecified atom stereocenters. The highest BCUT2D eigenvalue weighted by atomic mass is 15.1. The number of nitrogens with one attached hydrogen (secondary N) is 1. The molecular formula is C9H9N5. The van der Waals surface area contributed by atoms with Gasteiger partial charge in [-0.05, 0) is 12.1 Å². The van der Waals surface area contributed by atoms with Crippen molar-refractivity contribution in [1.29, 1.82) is 0 Å². The van der Waals surface area contributed by atoms with Crippen molar-refractivity contribution < 1.29 is 0 Å². The summed E-state index contributed by atoms with van der Waals surface area (Å²) in [6.45, 7) is 0. The van der Waals surface area contributed by atoms with Crippen molar-refractivity contribution in [3.63, 3.8) is 0 Å². The first kappa shape index (κ1) is 8.43. The van der Waals surface area contributed by atoms with Crippen molar-refractivity contribution in [1.82, 2.24) is 15.0 Å². The van der Waals surface area contributed by atoms with Crippen LogP contribution < -0.4 is 11.1 Å². The zero-order chi connectivity index (χ0) is 9.80. The maximum absolute atomic E-state index is 5.45. The molecule has 3 N–H and O–H groups in total. The molecule has 2 aromatic heterocycles. The molecule has 0 amide bonds. The molecule has 0 aromatic carbocycles. The third-order valence-corrected chi connectivity index (χ3v) is 1.58. The summed E-state index contributed by atoms with van der Waals surface area (Å²) in [4.78, 5) is 12.0. The predicted octanol–water partition coefficient (Wildman–Crippen LogP) is 1.20. The molecule has 0 atom stereocenters. The topological polar surface area (TPSA) is 76.7 Å². The minimum Gasteiger partial charge on any atom is -0.396 e. The fraction of sp³-hybridized carbons (Fsp3) is 0. The molecule has 5 heteroatoms. The lowest BCUT2D eigenvalue weighted by Gasteiger charge is -2.02. The maximum atomic E-state index is 5.45. The van der Waals surface area contributed by atoms with Crippen LogP contribution in [-0.2, 0) is 0 Å². The normalized spacial score (nSPS) is 9.71. The number of rotatable bonds is 2. The molecule has 0 saturated heterocycles. The first-order valence-corrected chi connectivity index (χ1v) is 4.10. The molecule has 0 radical (unpaired) electrons. The second-order valence-electron chi connectivity index (χ2n) is 2.68. The lowest BCUT2D eigenvalue weighted by atomic mass is 10.5. The summed E-state index contributed by atoms with van der Waals surface area (Å²) in [5, 5.41) is 2.94. The van der Waals surface area contributed by atoms with Crippen LogP contribution in [0.2, 0.25) is 0 Å². The van der Waals surface area contributed by atoms with Crippen LogP contribution in [0.25, 0.3) is 0 Å². The highest BCUT2D eigenvalue weighted by molar-refractivity contribution is 5.48. The van der Waals surface area contributed by atoms with E-state index in [0.717, 1.165) is 0 Å². The second-order valence-corrected chi connectivity index (χ2v) is 2.68. The average molecular weight is 187 g/mol. The Bertz CT molecular complexity index is 397. The standard InChI is InChI=1S/C9H9N5/c10-7-5-12-9(13-6-7)14-8-3-1-2-4-11-8/h1-6H,10H2,(H,11,12,13,14). The van der Waals surface area contributed by atoms with Gasteiger partial charge in [0.2, 0.25) is 5.95 Å². The zero-order valence-corrected chi connectivity index (χ0v) is 7.38. The molecule has 2 rings (SSSR count). The Balaban J connectivity index is 2.16. The number of anilines is 3. The Morgan fingerprint density at radius 3 is 2.50 bits per heavy atom. The summed E-state index contributed by atoms with van der Waals surface area (Å²) in [5.74, 6) is 1.19. The Kier molecular flexibility index (Phi) is 2.22. The van der Waals surface area contributed by atoms with E-state index < -0.39 is 0 Å². The molecule has 0 aliphatic carbocycles. The van der Waals surface area contributed by atoms with Gasteiger partial charge in [-0.2, -0.15) is 0 Å².